The first-order valence-electron chi connectivity index (χ1n) is 13.2. The number of benzene rings is 1. The van der Waals surface area contributed by atoms with Crippen LogP contribution in [0.1, 0.15) is 42.4 Å². The maximum absolute atomic E-state index is 14.0. The van der Waals surface area contributed by atoms with Crippen LogP contribution in [0.5, 0.6) is 5.75 Å². The maximum atomic E-state index is 14.0. The second kappa shape index (κ2) is 9.35. The second-order valence-electron chi connectivity index (χ2n) is 11.6. The fraction of sp³-hybridized carbons (Fsp3) is 0.536. The van der Waals surface area contributed by atoms with E-state index in [-0.39, 0.29) is 29.7 Å². The molecule has 2 saturated carbocycles. The van der Waals surface area contributed by atoms with Gasteiger partial charge in [-0.3, -0.25) is 19.3 Å². The lowest BCUT2D eigenvalue weighted by molar-refractivity contribution is -0.153. The molecule has 4 aliphatic rings. The van der Waals surface area contributed by atoms with Gasteiger partial charge in [0.05, 0.1) is 11.6 Å². The molecule has 0 saturated heterocycles. The van der Waals surface area contributed by atoms with Crippen LogP contribution in [0.3, 0.4) is 0 Å². The van der Waals surface area contributed by atoms with E-state index in [0.29, 0.717) is 18.2 Å². The van der Waals surface area contributed by atoms with E-state index in [1.807, 2.05) is 19.0 Å². The molecule has 4 atom stereocenters. The van der Waals surface area contributed by atoms with Gasteiger partial charge in [-0.2, -0.15) is 0 Å². The molecular weight excluding hydrogens is 504 g/mol. The number of amides is 1. The van der Waals surface area contributed by atoms with Gasteiger partial charge in [-0.05, 0) is 62.9 Å². The highest BCUT2D eigenvalue weighted by Gasteiger charge is 2.64. The summed E-state index contributed by atoms with van der Waals surface area (Å²) in [6, 6.07) is 0.887. The molecule has 11 nitrogen and oxygen atoms in total. The van der Waals surface area contributed by atoms with Crippen LogP contribution in [0.25, 0.3) is 5.76 Å². The van der Waals surface area contributed by atoms with Crippen LogP contribution in [0.15, 0.2) is 23.0 Å². The van der Waals surface area contributed by atoms with Crippen LogP contribution in [-0.4, -0.2) is 88.7 Å². The van der Waals surface area contributed by atoms with Crippen LogP contribution >= 0.6 is 0 Å². The van der Waals surface area contributed by atoms with Gasteiger partial charge in [0.1, 0.15) is 22.8 Å². The second-order valence-corrected chi connectivity index (χ2v) is 11.6. The molecule has 0 bridgehead atoms. The number of fused-ring (bicyclic) bond motifs is 3. The molecule has 1 aromatic rings. The molecule has 0 spiro atoms. The third kappa shape index (κ3) is 3.86. The lowest BCUT2D eigenvalue weighted by atomic mass is 9.57. The largest absolute Gasteiger partial charge is 0.508 e. The van der Waals surface area contributed by atoms with Crippen molar-refractivity contribution in [3.05, 3.63) is 39.7 Å². The van der Waals surface area contributed by atoms with Crippen LogP contribution in [0.2, 0.25) is 0 Å². The number of anilines is 1. The number of ketones is 2. The van der Waals surface area contributed by atoms with Crippen molar-refractivity contribution in [3.63, 3.8) is 0 Å². The summed E-state index contributed by atoms with van der Waals surface area (Å²) in [4.78, 5) is 42.7. The minimum absolute atomic E-state index is 0.0595. The normalized spacial score (nSPS) is 28.7. The number of nitrogens with two attached hydrogens (primary N) is 1. The lowest BCUT2D eigenvalue weighted by Gasteiger charge is -2.50. The highest BCUT2D eigenvalue weighted by Crippen LogP contribution is 2.54. The average molecular weight is 541 g/mol. The molecule has 2 fully saturated rings. The maximum Gasteiger partial charge on any atom is 0.255 e. The van der Waals surface area contributed by atoms with Gasteiger partial charge < -0.3 is 36.4 Å². The number of nitrogens with zero attached hydrogens (tertiary/aromatic N) is 2. The Morgan fingerprint density at radius 1 is 1.15 bits per heavy atom. The SMILES string of the molecule is CN(C)c1c(CNC2CCC2)cc(O)c2c1C[C@H]1C[C@H]3[C@H](N(C)C)C(=O)C(C(N)=O)=C(O)[C@@]3(O)C(=O)C1=C2O. The topological polar surface area (TPSA) is 177 Å². The number of primary amides is 1. The molecule has 0 heterocycles. The zero-order valence-corrected chi connectivity index (χ0v) is 22.6. The summed E-state index contributed by atoms with van der Waals surface area (Å²) < 4.78 is 0. The number of Topliss-reactive ketones (excluding diaryl/α,β-unsaturated/α-hetero) is 2. The summed E-state index contributed by atoms with van der Waals surface area (Å²) in [6.07, 6.45) is 3.69. The molecule has 1 aromatic carbocycles. The number of hydrogen-bond acceptors (Lipinski definition) is 10. The minimum atomic E-state index is -2.64. The average Bonchev–Trinajstić information content (AvgIpc) is 2.79. The molecule has 0 unspecified atom stereocenters. The number of aliphatic hydroxyl groups is 3. The predicted molar refractivity (Wildman–Crippen MR) is 143 cm³/mol. The van der Waals surface area contributed by atoms with Crippen LogP contribution in [0.4, 0.5) is 5.69 Å². The number of aliphatic hydroxyl groups excluding tert-OH is 2. The summed E-state index contributed by atoms with van der Waals surface area (Å²) in [5.41, 5.74) is 4.19. The van der Waals surface area contributed by atoms with Crippen molar-refractivity contribution in [1.29, 1.82) is 0 Å². The number of nitrogens with one attached hydrogen (secondary N) is 1. The molecule has 0 radical (unpaired) electrons. The lowest BCUT2D eigenvalue weighted by Crippen LogP contribution is -2.65. The first-order chi connectivity index (χ1) is 18.3. The first kappa shape index (κ1) is 27.2. The van der Waals surface area contributed by atoms with Gasteiger partial charge >= 0.3 is 0 Å². The zero-order chi connectivity index (χ0) is 28.5. The Morgan fingerprint density at radius 3 is 2.36 bits per heavy atom. The van der Waals surface area contributed by atoms with Crippen molar-refractivity contribution < 1.29 is 34.8 Å². The molecule has 11 heteroatoms. The Morgan fingerprint density at radius 2 is 1.82 bits per heavy atom. The fourth-order valence-electron chi connectivity index (χ4n) is 6.93. The highest BCUT2D eigenvalue weighted by molar-refractivity contribution is 6.24. The first-order valence-corrected chi connectivity index (χ1v) is 13.2. The number of aromatic hydroxyl groups is 1. The van der Waals surface area contributed by atoms with Gasteiger partial charge in [0, 0.05) is 43.9 Å². The number of carbonyl (C=O) groups excluding carboxylic acids is 3. The smallest absolute Gasteiger partial charge is 0.255 e. The van der Waals surface area contributed by atoms with Gasteiger partial charge in [-0.1, -0.05) is 6.42 Å². The van der Waals surface area contributed by atoms with Gasteiger partial charge in [-0.15, -0.1) is 0 Å². The summed E-state index contributed by atoms with van der Waals surface area (Å²) >= 11 is 0. The Bertz CT molecular complexity index is 1340. The van der Waals surface area contributed by atoms with Gasteiger partial charge in [0.2, 0.25) is 5.78 Å². The molecule has 0 aliphatic heterocycles. The van der Waals surface area contributed by atoms with Gasteiger partial charge in [0.15, 0.2) is 11.4 Å². The minimum Gasteiger partial charge on any atom is -0.508 e. The van der Waals surface area contributed by atoms with E-state index in [1.54, 1.807) is 20.2 Å². The third-order valence-electron chi connectivity index (χ3n) is 8.91. The standard InChI is InChI=1S/C28H36N4O7/c1-31(2)21-13(11-30-14-6-5-7-14)10-17(33)19-15(21)8-12-9-16-22(32(3)4)24(35)20(27(29)38)26(37)28(16,39)25(36)18(12)23(19)34/h10,12,14,16,22,30,33-34,37,39H,5-9,11H2,1-4H3,(H2,29,38)/t12-,16-,22-,28-/m0/s1. The van der Waals surface area contributed by atoms with Crippen molar-refractivity contribution in [2.45, 2.75) is 56.3 Å². The van der Waals surface area contributed by atoms with Crippen molar-refractivity contribution >= 4 is 28.9 Å². The molecule has 5 rings (SSSR count). The predicted octanol–water partition coefficient (Wildman–Crippen LogP) is 0.672. The van der Waals surface area contributed by atoms with Crippen molar-refractivity contribution in [2.24, 2.45) is 17.6 Å². The molecule has 210 valence electrons. The number of rotatable bonds is 6. The quantitative estimate of drug-likeness (QED) is 0.281. The van der Waals surface area contributed by atoms with Crippen LogP contribution in [0, 0.1) is 11.8 Å². The Balaban J connectivity index is 1.67. The van der Waals surface area contributed by atoms with Gasteiger partial charge in [-0.25, -0.2) is 0 Å². The number of phenolic OH excluding ortho intramolecular Hbond substituents is 1. The Labute approximate surface area is 226 Å². The highest BCUT2D eigenvalue weighted by atomic mass is 16.3. The van der Waals surface area contributed by atoms with E-state index >= 15 is 0 Å². The van der Waals surface area contributed by atoms with Crippen LogP contribution in [-0.2, 0) is 27.3 Å². The van der Waals surface area contributed by atoms with E-state index in [9.17, 15) is 34.8 Å². The number of hydrogen-bond donors (Lipinski definition) is 6. The summed E-state index contributed by atoms with van der Waals surface area (Å²) in [5.74, 6) is -6.51. The number of phenols is 1. The molecular formula is C28H36N4O7. The van der Waals surface area contributed by atoms with E-state index in [0.717, 1.165) is 24.1 Å². The summed E-state index contributed by atoms with van der Waals surface area (Å²) in [7, 11) is 6.90. The Hall–Kier alpha value is -3.41. The number of likely N-dealkylation sites (N-methyl/N-ethyl adjacent to an activating group) is 1. The van der Waals surface area contributed by atoms with E-state index in [1.165, 1.54) is 11.3 Å². The molecule has 1 amide bonds. The third-order valence-corrected chi connectivity index (χ3v) is 8.91. The van der Waals surface area contributed by atoms with E-state index in [2.05, 4.69) is 5.32 Å². The van der Waals surface area contributed by atoms with Crippen LogP contribution < -0.4 is 16.0 Å². The summed E-state index contributed by atoms with van der Waals surface area (Å²) in [6.45, 7) is 0.522. The number of carbonyl (C=O) groups is 3. The Kier molecular flexibility index (Phi) is 6.52. The van der Waals surface area contributed by atoms with E-state index < -0.39 is 58.0 Å². The van der Waals surface area contributed by atoms with Crippen molar-refractivity contribution in [1.82, 2.24) is 10.2 Å². The van der Waals surface area contributed by atoms with Crippen molar-refractivity contribution in [2.75, 3.05) is 33.1 Å². The molecule has 7 N–H and O–H groups in total. The fourth-order valence-corrected chi connectivity index (χ4v) is 6.93. The summed E-state index contributed by atoms with van der Waals surface area (Å²) in [5, 5.41) is 48.7. The van der Waals surface area contributed by atoms with E-state index in [4.69, 9.17) is 5.73 Å². The zero-order valence-electron chi connectivity index (χ0n) is 22.6. The van der Waals surface area contributed by atoms with Gasteiger partial charge in [0.25, 0.3) is 5.91 Å². The van der Waals surface area contributed by atoms with Crippen molar-refractivity contribution in [3.8, 4) is 5.75 Å². The molecule has 4 aliphatic carbocycles. The monoisotopic (exact) mass is 540 g/mol. The molecule has 39 heavy (non-hydrogen) atoms. The molecule has 0 aromatic heterocycles.